The van der Waals surface area contributed by atoms with Gasteiger partial charge in [0.05, 0.1) is 29.9 Å². The fourth-order valence-electron chi connectivity index (χ4n) is 3.18. The molecule has 0 saturated carbocycles. The van der Waals surface area contributed by atoms with E-state index >= 15 is 0 Å². The first-order valence-electron chi connectivity index (χ1n) is 8.15. The summed E-state index contributed by atoms with van der Waals surface area (Å²) in [6.45, 7) is 1.55. The molecule has 136 valence electrons. The minimum atomic E-state index is -3.57. The van der Waals surface area contributed by atoms with Gasteiger partial charge in [0.1, 0.15) is 5.75 Å². The van der Waals surface area contributed by atoms with E-state index < -0.39 is 10.0 Å². The highest BCUT2D eigenvalue weighted by atomic mass is 32.2. The molecule has 3 rings (SSSR count). The lowest BCUT2D eigenvalue weighted by Crippen LogP contribution is -2.36. The van der Waals surface area contributed by atoms with Gasteiger partial charge in [0, 0.05) is 31.8 Å². The SMILES string of the molecule is COc1cccc(S(=O)(=O)N2CCc3c(CN(C)C)nn(C)c3C2)c1. The Morgan fingerprint density at radius 3 is 2.76 bits per heavy atom. The summed E-state index contributed by atoms with van der Waals surface area (Å²) >= 11 is 0. The molecule has 2 heterocycles. The number of aromatic nitrogens is 2. The van der Waals surface area contributed by atoms with Crippen molar-refractivity contribution < 1.29 is 13.2 Å². The van der Waals surface area contributed by atoms with Crippen LogP contribution in [0.5, 0.6) is 5.75 Å². The molecule has 1 aliphatic rings. The number of hydrogen-bond acceptors (Lipinski definition) is 5. The fraction of sp³-hybridized carbons (Fsp3) is 0.471. The van der Waals surface area contributed by atoms with Crippen molar-refractivity contribution in [2.75, 3.05) is 27.7 Å². The Balaban J connectivity index is 1.90. The highest BCUT2D eigenvalue weighted by molar-refractivity contribution is 7.89. The molecule has 0 saturated heterocycles. The molecule has 0 N–H and O–H groups in total. The normalized spacial score (nSPS) is 15.4. The smallest absolute Gasteiger partial charge is 0.243 e. The third kappa shape index (κ3) is 3.42. The molecule has 0 atom stereocenters. The average Bonchev–Trinajstić information content (AvgIpc) is 2.89. The van der Waals surface area contributed by atoms with E-state index in [9.17, 15) is 8.42 Å². The minimum absolute atomic E-state index is 0.256. The molecular weight excluding hydrogens is 340 g/mol. The molecule has 8 heteroatoms. The maximum Gasteiger partial charge on any atom is 0.243 e. The highest BCUT2D eigenvalue weighted by Gasteiger charge is 2.32. The van der Waals surface area contributed by atoms with Crippen LogP contribution in [0.25, 0.3) is 0 Å². The van der Waals surface area contributed by atoms with Gasteiger partial charge in [-0.05, 0) is 32.6 Å². The van der Waals surface area contributed by atoms with E-state index in [0.29, 0.717) is 25.3 Å². The zero-order valence-electron chi connectivity index (χ0n) is 15.1. The topological polar surface area (TPSA) is 67.7 Å². The molecule has 0 radical (unpaired) electrons. The first-order valence-corrected chi connectivity index (χ1v) is 9.59. The summed E-state index contributed by atoms with van der Waals surface area (Å²) in [4.78, 5) is 2.33. The van der Waals surface area contributed by atoms with Gasteiger partial charge < -0.3 is 9.64 Å². The molecule has 0 aliphatic carbocycles. The van der Waals surface area contributed by atoms with Crippen molar-refractivity contribution in [2.45, 2.75) is 24.4 Å². The molecule has 1 aromatic carbocycles. The van der Waals surface area contributed by atoms with E-state index in [1.54, 1.807) is 28.9 Å². The van der Waals surface area contributed by atoms with Gasteiger partial charge in [-0.25, -0.2) is 8.42 Å². The number of benzene rings is 1. The number of methoxy groups -OCH3 is 1. The predicted molar refractivity (Wildman–Crippen MR) is 94.9 cm³/mol. The lowest BCUT2D eigenvalue weighted by Gasteiger charge is -2.27. The van der Waals surface area contributed by atoms with Gasteiger partial charge >= 0.3 is 0 Å². The largest absolute Gasteiger partial charge is 0.497 e. The molecule has 0 amide bonds. The summed E-state index contributed by atoms with van der Waals surface area (Å²) in [6.07, 6.45) is 0.676. The van der Waals surface area contributed by atoms with E-state index in [1.165, 1.54) is 17.0 Å². The van der Waals surface area contributed by atoms with Crippen LogP contribution in [0.15, 0.2) is 29.2 Å². The van der Waals surface area contributed by atoms with E-state index in [0.717, 1.165) is 17.9 Å². The predicted octanol–water partition coefficient (Wildman–Crippen LogP) is 1.24. The van der Waals surface area contributed by atoms with Crippen molar-refractivity contribution in [1.82, 2.24) is 19.0 Å². The van der Waals surface area contributed by atoms with Crippen molar-refractivity contribution in [3.05, 3.63) is 41.2 Å². The second kappa shape index (κ2) is 6.78. The van der Waals surface area contributed by atoms with Crippen LogP contribution < -0.4 is 4.74 Å². The molecule has 1 aromatic heterocycles. The molecule has 0 unspecified atom stereocenters. The van der Waals surface area contributed by atoms with Crippen LogP contribution in [0, 0.1) is 0 Å². The summed E-state index contributed by atoms with van der Waals surface area (Å²) in [6, 6.07) is 6.60. The summed E-state index contributed by atoms with van der Waals surface area (Å²) in [5, 5.41) is 4.58. The van der Waals surface area contributed by atoms with E-state index in [-0.39, 0.29) is 4.90 Å². The Hall–Kier alpha value is -1.90. The summed E-state index contributed by atoms with van der Waals surface area (Å²) in [7, 11) is 3.84. The number of hydrogen-bond donors (Lipinski definition) is 0. The Kier molecular flexibility index (Phi) is 4.86. The van der Waals surface area contributed by atoms with Gasteiger partial charge in [-0.3, -0.25) is 4.68 Å². The number of sulfonamides is 1. The Morgan fingerprint density at radius 1 is 1.32 bits per heavy atom. The number of ether oxygens (including phenoxy) is 1. The number of aryl methyl sites for hydroxylation is 1. The van der Waals surface area contributed by atoms with Crippen LogP contribution in [-0.4, -0.2) is 55.2 Å². The quantitative estimate of drug-likeness (QED) is 0.798. The van der Waals surface area contributed by atoms with Gasteiger partial charge in [0.15, 0.2) is 0 Å². The highest BCUT2D eigenvalue weighted by Crippen LogP contribution is 2.28. The second-order valence-corrected chi connectivity index (χ2v) is 8.44. The lowest BCUT2D eigenvalue weighted by atomic mass is 10.1. The standard InChI is InChI=1S/C17H24N4O3S/c1-19(2)11-16-15-8-9-21(12-17(15)20(3)18-16)25(22,23)14-7-5-6-13(10-14)24-4/h5-7,10H,8-9,11-12H2,1-4H3. The van der Waals surface area contributed by atoms with Crippen molar-refractivity contribution in [3.8, 4) is 5.75 Å². The third-order valence-corrected chi connectivity index (χ3v) is 6.28. The molecule has 7 nitrogen and oxygen atoms in total. The Labute approximate surface area is 148 Å². The molecular formula is C17H24N4O3S. The monoisotopic (exact) mass is 364 g/mol. The van der Waals surface area contributed by atoms with Crippen LogP contribution in [0.3, 0.4) is 0 Å². The number of rotatable bonds is 5. The van der Waals surface area contributed by atoms with Crippen molar-refractivity contribution in [1.29, 1.82) is 0 Å². The number of nitrogens with zero attached hydrogens (tertiary/aromatic N) is 4. The van der Waals surface area contributed by atoms with Gasteiger partial charge in [0.25, 0.3) is 0 Å². The van der Waals surface area contributed by atoms with Gasteiger partial charge in [0.2, 0.25) is 10.0 Å². The average molecular weight is 364 g/mol. The summed E-state index contributed by atoms with van der Waals surface area (Å²) < 4.78 is 34.5. The fourth-order valence-corrected chi connectivity index (χ4v) is 4.61. The lowest BCUT2D eigenvalue weighted by molar-refractivity contribution is 0.375. The van der Waals surface area contributed by atoms with Gasteiger partial charge in [-0.1, -0.05) is 6.07 Å². The molecule has 2 aromatic rings. The minimum Gasteiger partial charge on any atom is -0.497 e. The maximum absolute atomic E-state index is 13.0. The Bertz CT molecular complexity index is 874. The second-order valence-electron chi connectivity index (χ2n) is 6.50. The molecule has 0 bridgehead atoms. The van der Waals surface area contributed by atoms with E-state index in [1.807, 2.05) is 21.1 Å². The van der Waals surface area contributed by atoms with Crippen LogP contribution >= 0.6 is 0 Å². The summed E-state index contributed by atoms with van der Waals surface area (Å²) in [5.41, 5.74) is 3.17. The number of fused-ring (bicyclic) bond motifs is 1. The van der Waals surface area contributed by atoms with Gasteiger partial charge in [-0.2, -0.15) is 9.40 Å². The van der Waals surface area contributed by atoms with Crippen molar-refractivity contribution in [2.24, 2.45) is 7.05 Å². The zero-order chi connectivity index (χ0) is 18.2. The summed E-state index contributed by atoms with van der Waals surface area (Å²) in [5.74, 6) is 0.535. The van der Waals surface area contributed by atoms with E-state index in [2.05, 4.69) is 10.00 Å². The molecule has 0 spiro atoms. The molecule has 0 fully saturated rings. The van der Waals surface area contributed by atoms with Crippen LogP contribution in [0.4, 0.5) is 0 Å². The van der Waals surface area contributed by atoms with Crippen LogP contribution in [0.1, 0.15) is 17.0 Å². The van der Waals surface area contributed by atoms with Crippen LogP contribution in [0.2, 0.25) is 0 Å². The Morgan fingerprint density at radius 2 is 2.08 bits per heavy atom. The zero-order valence-corrected chi connectivity index (χ0v) is 15.9. The molecule has 1 aliphatic heterocycles. The first kappa shape index (κ1) is 17.9. The molecule has 25 heavy (non-hydrogen) atoms. The first-order chi connectivity index (χ1) is 11.8. The maximum atomic E-state index is 13.0. The van der Waals surface area contributed by atoms with Crippen LogP contribution in [-0.2, 0) is 36.6 Å². The van der Waals surface area contributed by atoms with Gasteiger partial charge in [-0.15, -0.1) is 0 Å². The third-order valence-electron chi connectivity index (χ3n) is 4.44. The van der Waals surface area contributed by atoms with E-state index in [4.69, 9.17) is 4.74 Å². The van der Waals surface area contributed by atoms with Crippen molar-refractivity contribution >= 4 is 10.0 Å². The van der Waals surface area contributed by atoms with Crippen molar-refractivity contribution in [3.63, 3.8) is 0 Å².